The average Bonchev–Trinajstić information content (AvgIpc) is 2.85. The molecule has 0 bridgehead atoms. The minimum absolute atomic E-state index is 0.526. The molecule has 14 heavy (non-hydrogen) atoms. The first-order valence-corrected chi connectivity index (χ1v) is 5.06. The standard InChI is InChI=1S/C8H16N6/c9-4-6-2-1-3-7(6)10-5-8-11-13-14-12-8/h6-7,10H,1-5,9H2,(H,11,12,13,14). The van der Waals surface area contributed by atoms with E-state index in [9.17, 15) is 0 Å². The van der Waals surface area contributed by atoms with Gasteiger partial charge in [-0.15, -0.1) is 10.2 Å². The van der Waals surface area contributed by atoms with Gasteiger partial charge in [0.15, 0.2) is 5.82 Å². The molecule has 0 spiro atoms. The minimum atomic E-state index is 0.526. The summed E-state index contributed by atoms with van der Waals surface area (Å²) < 4.78 is 0. The molecule has 0 aliphatic heterocycles. The summed E-state index contributed by atoms with van der Waals surface area (Å²) >= 11 is 0. The second-order valence-corrected chi connectivity index (χ2v) is 3.74. The fraction of sp³-hybridized carbons (Fsp3) is 0.875. The molecule has 1 aliphatic carbocycles. The third-order valence-corrected chi connectivity index (χ3v) is 2.87. The Hall–Kier alpha value is -1.01. The van der Waals surface area contributed by atoms with Gasteiger partial charge < -0.3 is 11.1 Å². The van der Waals surface area contributed by atoms with Crippen molar-refractivity contribution in [3.8, 4) is 0 Å². The van der Waals surface area contributed by atoms with Gasteiger partial charge in [0, 0.05) is 6.04 Å². The van der Waals surface area contributed by atoms with E-state index in [1.54, 1.807) is 0 Å². The van der Waals surface area contributed by atoms with Crippen LogP contribution >= 0.6 is 0 Å². The van der Waals surface area contributed by atoms with Gasteiger partial charge in [-0.2, -0.15) is 5.21 Å². The summed E-state index contributed by atoms with van der Waals surface area (Å²) in [7, 11) is 0. The molecule has 0 radical (unpaired) electrons. The van der Waals surface area contributed by atoms with Crippen molar-refractivity contribution < 1.29 is 0 Å². The van der Waals surface area contributed by atoms with Crippen molar-refractivity contribution in [2.75, 3.05) is 6.54 Å². The third kappa shape index (κ3) is 2.08. The molecule has 6 nitrogen and oxygen atoms in total. The van der Waals surface area contributed by atoms with E-state index in [0.29, 0.717) is 24.3 Å². The Bertz CT molecular complexity index is 259. The highest BCUT2D eigenvalue weighted by atomic mass is 15.5. The van der Waals surface area contributed by atoms with Crippen molar-refractivity contribution in [2.24, 2.45) is 11.7 Å². The smallest absolute Gasteiger partial charge is 0.188 e. The normalized spacial score (nSPS) is 26.9. The molecule has 2 unspecified atom stereocenters. The zero-order valence-corrected chi connectivity index (χ0v) is 8.11. The number of rotatable bonds is 4. The van der Waals surface area contributed by atoms with Crippen LogP contribution in [0.3, 0.4) is 0 Å². The first-order valence-electron chi connectivity index (χ1n) is 5.06. The van der Waals surface area contributed by atoms with Gasteiger partial charge in [-0.1, -0.05) is 11.6 Å². The van der Waals surface area contributed by atoms with Crippen molar-refractivity contribution in [1.82, 2.24) is 25.9 Å². The molecule has 78 valence electrons. The molecule has 0 aromatic carbocycles. The van der Waals surface area contributed by atoms with E-state index in [0.717, 1.165) is 6.54 Å². The zero-order chi connectivity index (χ0) is 9.80. The van der Waals surface area contributed by atoms with Gasteiger partial charge in [-0.05, 0) is 25.3 Å². The SMILES string of the molecule is NCC1CCCC1NCc1nn[nH]n1. The van der Waals surface area contributed by atoms with Gasteiger partial charge in [0.2, 0.25) is 0 Å². The molecule has 2 rings (SSSR count). The maximum atomic E-state index is 5.68. The number of tetrazole rings is 1. The van der Waals surface area contributed by atoms with Crippen LogP contribution < -0.4 is 11.1 Å². The molecular formula is C8H16N6. The molecule has 1 heterocycles. The molecule has 1 fully saturated rings. The Kier molecular flexibility index (Phi) is 3.05. The lowest BCUT2D eigenvalue weighted by molar-refractivity contribution is 0.402. The van der Waals surface area contributed by atoms with E-state index in [4.69, 9.17) is 5.73 Å². The number of nitrogens with two attached hydrogens (primary N) is 1. The number of aromatic amines is 1. The number of nitrogens with zero attached hydrogens (tertiary/aromatic N) is 3. The molecular weight excluding hydrogens is 180 g/mol. The fourth-order valence-electron chi connectivity index (χ4n) is 2.07. The lowest BCUT2D eigenvalue weighted by atomic mass is 10.0. The first kappa shape index (κ1) is 9.54. The maximum Gasteiger partial charge on any atom is 0.188 e. The van der Waals surface area contributed by atoms with Gasteiger partial charge in [-0.25, -0.2) is 0 Å². The van der Waals surface area contributed by atoms with Gasteiger partial charge in [-0.3, -0.25) is 0 Å². The highest BCUT2D eigenvalue weighted by Crippen LogP contribution is 2.24. The minimum Gasteiger partial charge on any atom is -0.330 e. The summed E-state index contributed by atoms with van der Waals surface area (Å²) in [4.78, 5) is 0. The molecule has 6 heteroatoms. The second-order valence-electron chi connectivity index (χ2n) is 3.74. The molecule has 1 aromatic rings. The monoisotopic (exact) mass is 196 g/mol. The molecule has 0 saturated heterocycles. The summed E-state index contributed by atoms with van der Waals surface area (Å²) in [6.45, 7) is 1.45. The summed E-state index contributed by atoms with van der Waals surface area (Å²) in [5.74, 6) is 1.33. The average molecular weight is 196 g/mol. The van der Waals surface area contributed by atoms with Crippen molar-refractivity contribution in [3.63, 3.8) is 0 Å². The molecule has 0 amide bonds. The predicted molar refractivity (Wildman–Crippen MR) is 51.2 cm³/mol. The number of aromatic nitrogens is 4. The Morgan fingerprint density at radius 2 is 2.43 bits per heavy atom. The maximum absolute atomic E-state index is 5.68. The Morgan fingerprint density at radius 1 is 1.50 bits per heavy atom. The molecule has 4 N–H and O–H groups in total. The molecule has 1 saturated carbocycles. The molecule has 1 aliphatic rings. The third-order valence-electron chi connectivity index (χ3n) is 2.87. The van der Waals surface area contributed by atoms with Crippen molar-refractivity contribution in [1.29, 1.82) is 0 Å². The lowest BCUT2D eigenvalue weighted by Crippen LogP contribution is -2.35. The Balaban J connectivity index is 1.80. The fourth-order valence-corrected chi connectivity index (χ4v) is 2.07. The predicted octanol–water partition coefficient (Wildman–Crippen LogP) is -0.583. The van der Waals surface area contributed by atoms with E-state index in [1.807, 2.05) is 0 Å². The number of hydrogen-bond donors (Lipinski definition) is 3. The summed E-state index contributed by atoms with van der Waals surface area (Å²) in [5, 5.41) is 17.1. The van der Waals surface area contributed by atoms with E-state index in [-0.39, 0.29) is 0 Å². The van der Waals surface area contributed by atoms with Crippen LogP contribution in [0.5, 0.6) is 0 Å². The van der Waals surface area contributed by atoms with E-state index < -0.39 is 0 Å². The lowest BCUT2D eigenvalue weighted by Gasteiger charge is -2.18. The quantitative estimate of drug-likeness (QED) is 0.599. The first-order chi connectivity index (χ1) is 6.90. The highest BCUT2D eigenvalue weighted by Gasteiger charge is 2.25. The van der Waals surface area contributed by atoms with Crippen LogP contribution in [0.15, 0.2) is 0 Å². The van der Waals surface area contributed by atoms with Gasteiger partial charge >= 0.3 is 0 Å². The van der Waals surface area contributed by atoms with Crippen molar-refractivity contribution in [3.05, 3.63) is 5.82 Å². The van der Waals surface area contributed by atoms with Crippen LogP contribution in [0.2, 0.25) is 0 Å². The van der Waals surface area contributed by atoms with Gasteiger partial charge in [0.1, 0.15) is 0 Å². The molecule has 1 aromatic heterocycles. The van der Waals surface area contributed by atoms with E-state index in [1.165, 1.54) is 19.3 Å². The number of hydrogen-bond acceptors (Lipinski definition) is 5. The van der Waals surface area contributed by atoms with Crippen LogP contribution in [0.1, 0.15) is 25.1 Å². The van der Waals surface area contributed by atoms with Crippen LogP contribution in [0.4, 0.5) is 0 Å². The summed E-state index contributed by atoms with van der Waals surface area (Å²) in [5.41, 5.74) is 5.68. The topological polar surface area (TPSA) is 92.5 Å². The summed E-state index contributed by atoms with van der Waals surface area (Å²) in [6, 6.07) is 0.526. The van der Waals surface area contributed by atoms with Gasteiger partial charge in [0.05, 0.1) is 6.54 Å². The van der Waals surface area contributed by atoms with Crippen LogP contribution in [-0.2, 0) is 6.54 Å². The van der Waals surface area contributed by atoms with Crippen molar-refractivity contribution >= 4 is 0 Å². The van der Waals surface area contributed by atoms with Crippen LogP contribution in [0, 0.1) is 5.92 Å². The largest absolute Gasteiger partial charge is 0.330 e. The Morgan fingerprint density at radius 3 is 3.14 bits per heavy atom. The zero-order valence-electron chi connectivity index (χ0n) is 8.11. The van der Waals surface area contributed by atoms with Crippen LogP contribution in [-0.4, -0.2) is 33.2 Å². The van der Waals surface area contributed by atoms with Crippen LogP contribution in [0.25, 0.3) is 0 Å². The number of nitrogens with one attached hydrogen (secondary N) is 2. The Labute approximate surface area is 82.6 Å². The number of H-pyrrole nitrogens is 1. The van der Waals surface area contributed by atoms with Gasteiger partial charge in [0.25, 0.3) is 0 Å². The van der Waals surface area contributed by atoms with E-state index >= 15 is 0 Å². The van der Waals surface area contributed by atoms with Crippen molar-refractivity contribution in [2.45, 2.75) is 31.8 Å². The molecule has 2 atom stereocenters. The van der Waals surface area contributed by atoms with E-state index in [2.05, 4.69) is 25.9 Å². The highest BCUT2D eigenvalue weighted by molar-refractivity contribution is 4.86. The summed E-state index contributed by atoms with van der Waals surface area (Å²) in [6.07, 6.45) is 3.71. The second kappa shape index (κ2) is 4.47.